The number of hydrogen-bond donors (Lipinski definition) is 0. The molecule has 0 spiro atoms. The zero-order chi connectivity index (χ0) is 24.5. The zero-order valence-electron chi connectivity index (χ0n) is 20.1. The molecular weight excluding hydrogens is 437 g/mol. The van der Waals surface area contributed by atoms with E-state index in [2.05, 4.69) is 37.5 Å². The van der Waals surface area contributed by atoms with Crippen LogP contribution < -0.4 is 14.5 Å². The molecule has 1 heterocycles. The third kappa shape index (κ3) is 4.33. The lowest BCUT2D eigenvalue weighted by Crippen LogP contribution is -2.23. The molecule has 0 fully saturated rings. The first-order valence-corrected chi connectivity index (χ1v) is 11.9. The van der Waals surface area contributed by atoms with E-state index in [0.717, 1.165) is 48.7 Å². The minimum atomic E-state index is -4.45. The highest BCUT2D eigenvalue weighted by molar-refractivity contribution is 5.66. The summed E-state index contributed by atoms with van der Waals surface area (Å²) in [5, 5.41) is 0. The van der Waals surface area contributed by atoms with Crippen LogP contribution in [-0.2, 0) is 6.18 Å². The molecule has 0 aromatic heterocycles. The van der Waals surface area contributed by atoms with Crippen LogP contribution in [-0.4, -0.2) is 26.2 Å². The van der Waals surface area contributed by atoms with Gasteiger partial charge in [0.05, 0.1) is 5.56 Å². The van der Waals surface area contributed by atoms with Crippen molar-refractivity contribution in [3.63, 3.8) is 0 Å². The maximum absolute atomic E-state index is 14.0. The molecule has 0 bridgehead atoms. The summed E-state index contributed by atoms with van der Waals surface area (Å²) in [6.07, 6.45) is -4.45. The van der Waals surface area contributed by atoms with Crippen LogP contribution in [0.5, 0.6) is 11.5 Å². The lowest BCUT2D eigenvalue weighted by Gasteiger charge is -2.33. The third-order valence-corrected chi connectivity index (χ3v) is 6.67. The molecule has 0 saturated heterocycles. The largest absolute Gasteiger partial charge is 0.457 e. The number of rotatable bonds is 7. The quantitative estimate of drug-likeness (QED) is 0.277. The van der Waals surface area contributed by atoms with Crippen molar-refractivity contribution in [2.45, 2.75) is 39.8 Å². The molecular formula is C28H31F3N2O. The Morgan fingerprint density at radius 2 is 1.15 bits per heavy atom. The first-order chi connectivity index (χ1) is 16.3. The van der Waals surface area contributed by atoms with Gasteiger partial charge in [0.1, 0.15) is 11.5 Å². The monoisotopic (exact) mass is 468 g/mol. The van der Waals surface area contributed by atoms with E-state index in [1.165, 1.54) is 12.1 Å². The average Bonchev–Trinajstić information content (AvgIpc) is 2.83. The van der Waals surface area contributed by atoms with Crippen LogP contribution in [0.2, 0.25) is 0 Å². The van der Waals surface area contributed by atoms with Gasteiger partial charge in [-0.15, -0.1) is 0 Å². The van der Waals surface area contributed by atoms with Crippen LogP contribution in [0.15, 0.2) is 60.7 Å². The van der Waals surface area contributed by atoms with Gasteiger partial charge in [-0.25, -0.2) is 0 Å². The van der Waals surface area contributed by atoms with E-state index in [9.17, 15) is 13.2 Å². The molecule has 3 nitrogen and oxygen atoms in total. The average molecular weight is 469 g/mol. The SMILES string of the molecule is CCN(CC)c1ccc2c(c1)Oc1cc(N(CC)CC)ccc1C2c1ccccc1C(F)(F)F. The number of benzene rings is 3. The molecule has 0 aliphatic carbocycles. The summed E-state index contributed by atoms with van der Waals surface area (Å²) in [5.74, 6) is 0.638. The van der Waals surface area contributed by atoms with E-state index < -0.39 is 17.7 Å². The second kappa shape index (κ2) is 9.61. The number of halogens is 3. The Morgan fingerprint density at radius 3 is 1.59 bits per heavy atom. The van der Waals surface area contributed by atoms with Crippen molar-refractivity contribution < 1.29 is 17.9 Å². The predicted octanol–water partition coefficient (Wildman–Crippen LogP) is 7.68. The Kier molecular flexibility index (Phi) is 6.78. The highest BCUT2D eigenvalue weighted by Gasteiger charge is 2.38. The highest BCUT2D eigenvalue weighted by Crippen LogP contribution is 2.51. The molecule has 3 aromatic carbocycles. The van der Waals surface area contributed by atoms with Crippen LogP contribution in [0.1, 0.15) is 55.9 Å². The number of fused-ring (bicyclic) bond motifs is 2. The van der Waals surface area contributed by atoms with E-state index in [4.69, 9.17) is 4.74 Å². The molecule has 0 saturated carbocycles. The summed E-state index contributed by atoms with van der Waals surface area (Å²) in [4.78, 5) is 4.40. The van der Waals surface area contributed by atoms with Gasteiger partial charge in [-0.05, 0) is 51.5 Å². The van der Waals surface area contributed by atoms with Crippen LogP contribution >= 0.6 is 0 Å². The van der Waals surface area contributed by atoms with Crippen LogP contribution in [0.25, 0.3) is 0 Å². The number of hydrogen-bond acceptors (Lipinski definition) is 3. The minimum absolute atomic E-state index is 0.243. The summed E-state index contributed by atoms with van der Waals surface area (Å²) in [6, 6.07) is 17.6. The number of nitrogens with zero attached hydrogens (tertiary/aromatic N) is 2. The molecule has 0 unspecified atom stereocenters. The van der Waals surface area contributed by atoms with Gasteiger partial charge < -0.3 is 14.5 Å². The van der Waals surface area contributed by atoms with E-state index in [-0.39, 0.29) is 5.56 Å². The van der Waals surface area contributed by atoms with Gasteiger partial charge in [0.15, 0.2) is 0 Å². The smallest absolute Gasteiger partial charge is 0.416 e. The van der Waals surface area contributed by atoms with Gasteiger partial charge in [0.2, 0.25) is 0 Å². The molecule has 0 radical (unpaired) electrons. The topological polar surface area (TPSA) is 15.7 Å². The normalized spacial score (nSPS) is 13.1. The summed E-state index contributed by atoms with van der Waals surface area (Å²) >= 11 is 0. The van der Waals surface area contributed by atoms with Gasteiger partial charge in [0, 0.05) is 66.7 Å². The lowest BCUT2D eigenvalue weighted by molar-refractivity contribution is -0.138. The van der Waals surface area contributed by atoms with Gasteiger partial charge in [-0.1, -0.05) is 30.3 Å². The first kappa shape index (κ1) is 24.0. The van der Waals surface area contributed by atoms with Gasteiger partial charge in [0.25, 0.3) is 0 Å². The Hall–Kier alpha value is -3.15. The molecule has 1 aliphatic rings. The van der Waals surface area contributed by atoms with Crippen molar-refractivity contribution in [3.05, 3.63) is 82.9 Å². The summed E-state index contributed by atoms with van der Waals surface area (Å²) < 4.78 is 48.5. The fourth-order valence-electron chi connectivity index (χ4n) is 4.90. The molecule has 6 heteroatoms. The van der Waals surface area contributed by atoms with E-state index in [1.54, 1.807) is 12.1 Å². The lowest BCUT2D eigenvalue weighted by atomic mass is 9.80. The fraction of sp³-hybridized carbons (Fsp3) is 0.357. The van der Waals surface area contributed by atoms with Crippen LogP contribution in [0.3, 0.4) is 0 Å². The van der Waals surface area contributed by atoms with E-state index >= 15 is 0 Å². The standard InChI is InChI=1S/C28H31F3N2O/c1-5-32(6-2)19-13-15-22-25(17-19)34-26-18-20(33(7-3)8-4)14-16-23(26)27(22)21-11-9-10-12-24(21)28(29,30)31/h9-18,27H,5-8H2,1-4H3. The second-order valence-electron chi connectivity index (χ2n) is 8.41. The summed E-state index contributed by atoms with van der Waals surface area (Å²) in [7, 11) is 0. The Balaban J connectivity index is 1.93. The number of alkyl halides is 3. The second-order valence-corrected chi connectivity index (χ2v) is 8.41. The predicted molar refractivity (Wildman–Crippen MR) is 132 cm³/mol. The minimum Gasteiger partial charge on any atom is -0.457 e. The van der Waals surface area contributed by atoms with Crippen LogP contribution in [0, 0.1) is 0 Å². The zero-order valence-corrected chi connectivity index (χ0v) is 20.1. The molecule has 0 atom stereocenters. The van der Waals surface area contributed by atoms with E-state index in [0.29, 0.717) is 11.5 Å². The Morgan fingerprint density at radius 1 is 0.676 bits per heavy atom. The van der Waals surface area contributed by atoms with Gasteiger partial charge >= 0.3 is 6.18 Å². The first-order valence-electron chi connectivity index (χ1n) is 11.9. The Labute approximate surface area is 199 Å². The van der Waals surface area contributed by atoms with Crippen LogP contribution in [0.4, 0.5) is 24.5 Å². The van der Waals surface area contributed by atoms with Gasteiger partial charge in [-0.2, -0.15) is 13.2 Å². The van der Waals surface area contributed by atoms with Crippen molar-refractivity contribution in [1.82, 2.24) is 0 Å². The molecule has 3 aromatic rings. The molecule has 4 rings (SSSR count). The van der Waals surface area contributed by atoms with Crippen molar-refractivity contribution >= 4 is 11.4 Å². The molecule has 34 heavy (non-hydrogen) atoms. The van der Waals surface area contributed by atoms with Crippen molar-refractivity contribution in [3.8, 4) is 11.5 Å². The molecule has 1 aliphatic heterocycles. The molecule has 0 N–H and O–H groups in total. The van der Waals surface area contributed by atoms with Gasteiger partial charge in [-0.3, -0.25) is 0 Å². The third-order valence-electron chi connectivity index (χ3n) is 6.67. The molecule has 0 amide bonds. The molecule has 180 valence electrons. The van der Waals surface area contributed by atoms with Crippen molar-refractivity contribution in [1.29, 1.82) is 0 Å². The fourth-order valence-corrected chi connectivity index (χ4v) is 4.90. The van der Waals surface area contributed by atoms with Crippen molar-refractivity contribution in [2.75, 3.05) is 36.0 Å². The Bertz CT molecular complexity index is 1090. The number of anilines is 2. The maximum atomic E-state index is 14.0. The maximum Gasteiger partial charge on any atom is 0.416 e. The van der Waals surface area contributed by atoms with Crippen molar-refractivity contribution in [2.24, 2.45) is 0 Å². The highest BCUT2D eigenvalue weighted by atomic mass is 19.4. The van der Waals surface area contributed by atoms with E-state index in [1.807, 2.05) is 36.4 Å². The number of ether oxygens (including phenoxy) is 1. The summed E-state index contributed by atoms with van der Waals surface area (Å²) in [5.41, 5.74) is 3.11. The summed E-state index contributed by atoms with van der Waals surface area (Å²) in [6.45, 7) is 11.7.